The van der Waals surface area contributed by atoms with Crippen molar-refractivity contribution in [3.05, 3.63) is 38.7 Å². The minimum Gasteiger partial charge on any atom is -0.378 e. The molecule has 26 heavy (non-hydrogen) atoms. The van der Waals surface area contributed by atoms with Crippen molar-refractivity contribution in [3.8, 4) is 0 Å². The number of nitrogen functional groups attached to an aromatic ring is 1. The zero-order valence-corrected chi connectivity index (χ0v) is 14.9. The van der Waals surface area contributed by atoms with Crippen molar-refractivity contribution in [2.24, 2.45) is 5.92 Å². The third-order valence-electron chi connectivity index (χ3n) is 4.38. The first-order valence-electron chi connectivity index (χ1n) is 8.36. The third kappa shape index (κ3) is 4.26. The normalized spacial score (nSPS) is 15.0. The lowest BCUT2D eigenvalue weighted by molar-refractivity contribution is -0.384. The van der Waals surface area contributed by atoms with Crippen LogP contribution in [-0.2, 0) is 11.2 Å². The van der Waals surface area contributed by atoms with Crippen LogP contribution in [0.3, 0.4) is 0 Å². The second-order valence-electron chi connectivity index (χ2n) is 6.08. The summed E-state index contributed by atoms with van der Waals surface area (Å²) in [6.07, 6.45) is 3.34. The van der Waals surface area contributed by atoms with Crippen LogP contribution in [0.1, 0.15) is 17.7 Å². The number of carbonyl (C=O) groups excluding carboxylic acids is 1. The van der Waals surface area contributed by atoms with Gasteiger partial charge in [-0.2, -0.15) is 4.98 Å². The molecule has 1 aliphatic rings. The molecule has 2 aromatic rings. The summed E-state index contributed by atoms with van der Waals surface area (Å²) in [5.74, 6) is 0.258. The lowest BCUT2D eigenvalue weighted by Crippen LogP contribution is -2.41. The number of aromatic nitrogens is 2. The summed E-state index contributed by atoms with van der Waals surface area (Å²) >= 11 is 1.69. The van der Waals surface area contributed by atoms with Gasteiger partial charge in [0.2, 0.25) is 17.7 Å². The Bertz CT molecular complexity index is 774. The molecule has 1 aliphatic heterocycles. The van der Waals surface area contributed by atoms with E-state index in [-0.39, 0.29) is 23.3 Å². The van der Waals surface area contributed by atoms with Gasteiger partial charge in [-0.1, -0.05) is 6.07 Å². The van der Waals surface area contributed by atoms with E-state index < -0.39 is 4.92 Å². The van der Waals surface area contributed by atoms with Crippen molar-refractivity contribution >= 4 is 34.7 Å². The van der Waals surface area contributed by atoms with Crippen molar-refractivity contribution in [2.75, 3.05) is 30.3 Å². The quantitative estimate of drug-likeness (QED) is 0.579. The van der Waals surface area contributed by atoms with Gasteiger partial charge in [-0.3, -0.25) is 14.9 Å². The average Bonchev–Trinajstić information content (AvgIpc) is 3.15. The molecule has 0 radical (unpaired) electrons. The van der Waals surface area contributed by atoms with E-state index in [0.29, 0.717) is 38.4 Å². The number of rotatable bonds is 6. The molecule has 0 aliphatic carbocycles. The van der Waals surface area contributed by atoms with Crippen molar-refractivity contribution in [1.29, 1.82) is 0 Å². The molecule has 0 saturated carbocycles. The summed E-state index contributed by atoms with van der Waals surface area (Å²) < 4.78 is 0. The average molecular weight is 376 g/mol. The van der Waals surface area contributed by atoms with E-state index in [9.17, 15) is 14.9 Å². The highest BCUT2D eigenvalue weighted by atomic mass is 32.1. The van der Waals surface area contributed by atoms with Gasteiger partial charge in [-0.15, -0.1) is 11.3 Å². The molecule has 3 heterocycles. The number of hydrogen-bond acceptors (Lipinski definition) is 8. The second kappa shape index (κ2) is 8.09. The first-order chi connectivity index (χ1) is 12.5. The number of nitrogens with zero attached hydrogens (tertiary/aromatic N) is 4. The molecule has 1 amide bonds. The topological polar surface area (TPSA) is 127 Å². The Kier molecular flexibility index (Phi) is 5.61. The van der Waals surface area contributed by atoms with Gasteiger partial charge in [-0.05, 0) is 30.7 Å². The Morgan fingerprint density at radius 1 is 1.46 bits per heavy atom. The standard InChI is InChI=1S/C16H20N6O3S/c17-14-13(22(24)25)10-19-16(20-14)21-7-4-11(5-8-21)15(23)18-6-3-12-2-1-9-26-12/h1-2,9-11H,3-8H2,(H,18,23)(H2,17,19,20). The molecule has 0 bridgehead atoms. The number of anilines is 2. The summed E-state index contributed by atoms with van der Waals surface area (Å²) in [7, 11) is 0. The lowest BCUT2D eigenvalue weighted by Gasteiger charge is -2.31. The second-order valence-corrected chi connectivity index (χ2v) is 7.11. The van der Waals surface area contributed by atoms with Crippen molar-refractivity contribution in [3.63, 3.8) is 0 Å². The number of hydrogen-bond donors (Lipinski definition) is 2. The molecule has 9 nitrogen and oxygen atoms in total. The minimum atomic E-state index is -0.605. The molecule has 0 unspecified atom stereocenters. The van der Waals surface area contributed by atoms with E-state index >= 15 is 0 Å². The summed E-state index contributed by atoms with van der Waals surface area (Å²) in [6, 6.07) is 4.07. The van der Waals surface area contributed by atoms with Crippen molar-refractivity contribution in [1.82, 2.24) is 15.3 Å². The Hall–Kier alpha value is -2.75. The van der Waals surface area contributed by atoms with Gasteiger partial charge in [0, 0.05) is 30.4 Å². The zero-order valence-electron chi connectivity index (χ0n) is 14.1. The molecule has 138 valence electrons. The predicted molar refractivity (Wildman–Crippen MR) is 99.1 cm³/mol. The highest BCUT2D eigenvalue weighted by Crippen LogP contribution is 2.24. The number of piperidine rings is 1. The zero-order chi connectivity index (χ0) is 18.5. The monoisotopic (exact) mass is 376 g/mol. The van der Waals surface area contributed by atoms with Crippen LogP contribution in [-0.4, -0.2) is 40.4 Å². The van der Waals surface area contributed by atoms with Crippen LogP contribution in [0.5, 0.6) is 0 Å². The van der Waals surface area contributed by atoms with Crippen LogP contribution in [0.15, 0.2) is 23.7 Å². The molecule has 0 spiro atoms. The van der Waals surface area contributed by atoms with Gasteiger partial charge < -0.3 is 16.0 Å². The molecule has 0 aromatic carbocycles. The Morgan fingerprint density at radius 2 is 2.23 bits per heavy atom. The molecular weight excluding hydrogens is 356 g/mol. The maximum atomic E-state index is 12.3. The molecule has 2 aromatic heterocycles. The number of thiophene rings is 1. The summed E-state index contributed by atoms with van der Waals surface area (Å²) in [6.45, 7) is 1.86. The van der Waals surface area contributed by atoms with E-state index in [1.54, 1.807) is 11.3 Å². The molecule has 3 N–H and O–H groups in total. The number of carbonyl (C=O) groups is 1. The van der Waals surface area contributed by atoms with Crippen LogP contribution < -0.4 is 16.0 Å². The van der Waals surface area contributed by atoms with Crippen LogP contribution >= 0.6 is 11.3 Å². The Labute approximate surface area is 154 Å². The van der Waals surface area contributed by atoms with Crippen LogP contribution in [0.2, 0.25) is 0 Å². The smallest absolute Gasteiger partial charge is 0.329 e. The molecule has 10 heteroatoms. The fourth-order valence-corrected chi connectivity index (χ4v) is 3.63. The first-order valence-corrected chi connectivity index (χ1v) is 9.24. The number of nitrogens with two attached hydrogens (primary N) is 1. The largest absolute Gasteiger partial charge is 0.378 e. The highest BCUT2D eigenvalue weighted by molar-refractivity contribution is 7.09. The van der Waals surface area contributed by atoms with Gasteiger partial charge in [0.15, 0.2) is 0 Å². The maximum absolute atomic E-state index is 12.3. The minimum absolute atomic E-state index is 0.0371. The summed E-state index contributed by atoms with van der Waals surface area (Å²) in [5.41, 5.74) is 5.32. The van der Waals surface area contributed by atoms with Gasteiger partial charge in [0.05, 0.1) is 4.92 Å². The van der Waals surface area contributed by atoms with E-state index in [4.69, 9.17) is 5.73 Å². The van der Waals surface area contributed by atoms with E-state index in [2.05, 4.69) is 21.4 Å². The molecule has 3 rings (SSSR count). The Morgan fingerprint density at radius 3 is 2.85 bits per heavy atom. The lowest BCUT2D eigenvalue weighted by atomic mass is 9.96. The fraction of sp³-hybridized carbons (Fsp3) is 0.438. The Balaban J connectivity index is 1.48. The molecule has 0 atom stereocenters. The van der Waals surface area contributed by atoms with Crippen molar-refractivity contribution < 1.29 is 9.72 Å². The van der Waals surface area contributed by atoms with Gasteiger partial charge in [0.1, 0.15) is 6.20 Å². The highest BCUT2D eigenvalue weighted by Gasteiger charge is 2.27. The van der Waals surface area contributed by atoms with Gasteiger partial charge >= 0.3 is 5.69 Å². The number of nitrogens with one attached hydrogen (secondary N) is 1. The summed E-state index contributed by atoms with van der Waals surface area (Å²) in [5, 5.41) is 15.8. The van der Waals surface area contributed by atoms with E-state index in [1.165, 1.54) is 4.88 Å². The fourth-order valence-electron chi connectivity index (χ4n) is 2.92. The maximum Gasteiger partial charge on any atom is 0.329 e. The first kappa shape index (κ1) is 18.1. The van der Waals surface area contributed by atoms with Crippen LogP contribution in [0.25, 0.3) is 0 Å². The van der Waals surface area contributed by atoms with E-state index in [0.717, 1.165) is 12.6 Å². The third-order valence-corrected chi connectivity index (χ3v) is 5.32. The molecular formula is C16H20N6O3S. The van der Waals surface area contributed by atoms with Crippen LogP contribution in [0.4, 0.5) is 17.5 Å². The SMILES string of the molecule is Nc1nc(N2CCC(C(=O)NCCc3cccs3)CC2)ncc1[N+](=O)[O-]. The number of nitro groups is 1. The van der Waals surface area contributed by atoms with Gasteiger partial charge in [0.25, 0.3) is 0 Å². The van der Waals surface area contributed by atoms with Gasteiger partial charge in [-0.25, -0.2) is 4.98 Å². The predicted octanol–water partition coefficient (Wildman–Crippen LogP) is 1.60. The van der Waals surface area contributed by atoms with Crippen LogP contribution in [0, 0.1) is 16.0 Å². The molecule has 1 fully saturated rings. The van der Waals surface area contributed by atoms with E-state index in [1.807, 2.05) is 16.3 Å². The summed E-state index contributed by atoms with van der Waals surface area (Å²) in [4.78, 5) is 33.7. The number of amides is 1. The molecule has 1 saturated heterocycles. The van der Waals surface area contributed by atoms with Crippen molar-refractivity contribution in [2.45, 2.75) is 19.3 Å².